The van der Waals surface area contributed by atoms with Gasteiger partial charge in [0, 0.05) is 18.8 Å². The zero-order valence-corrected chi connectivity index (χ0v) is 13.9. The summed E-state index contributed by atoms with van der Waals surface area (Å²) >= 11 is -2.13. The Balaban J connectivity index is 2.05. The molecule has 1 aliphatic rings. The number of carbonyl (C=O) groups excluding carboxylic acids is 1. The van der Waals surface area contributed by atoms with Crippen LogP contribution in [0, 0.1) is 0 Å². The molecule has 0 saturated heterocycles. The molecule has 1 atom stereocenters. The third-order valence-corrected chi connectivity index (χ3v) is 4.09. The molecule has 0 fully saturated rings. The molecular weight excluding hydrogens is 339 g/mol. The first kappa shape index (κ1) is 16.5. The lowest BCUT2D eigenvalue weighted by Crippen LogP contribution is -2.13. The zero-order valence-electron chi connectivity index (χ0n) is 13.1. The largest absolute Gasteiger partial charge is 0.461 e. The Morgan fingerprint density at radius 2 is 2.25 bits per heavy atom. The number of aryl methyl sites for hydroxylation is 2. The molecule has 0 bridgehead atoms. The van der Waals surface area contributed by atoms with Gasteiger partial charge in [-0.25, -0.2) is 18.4 Å². The maximum absolute atomic E-state index is 12.3. The fourth-order valence-corrected chi connectivity index (χ4v) is 2.94. The van der Waals surface area contributed by atoms with Crippen molar-refractivity contribution in [2.45, 2.75) is 19.8 Å². The second-order valence-corrected chi connectivity index (χ2v) is 6.03. The number of halogens is 1. The lowest BCUT2D eigenvalue weighted by molar-refractivity contribution is 0.0517. The molecule has 24 heavy (non-hydrogen) atoms. The zero-order chi connectivity index (χ0) is 17.3. The lowest BCUT2D eigenvalue weighted by Gasteiger charge is -2.16. The molecule has 0 saturated carbocycles. The minimum Gasteiger partial charge on any atom is -0.461 e. The summed E-state index contributed by atoms with van der Waals surface area (Å²) in [5, 5.41) is 4.24. The van der Waals surface area contributed by atoms with Crippen LogP contribution in [0.4, 0.5) is 4.39 Å². The van der Waals surface area contributed by atoms with Crippen molar-refractivity contribution in [1.29, 1.82) is 0 Å². The summed E-state index contributed by atoms with van der Waals surface area (Å²) < 4.78 is 34.9. The van der Waals surface area contributed by atoms with Crippen molar-refractivity contribution >= 4 is 17.0 Å². The van der Waals surface area contributed by atoms with Crippen LogP contribution < -0.4 is 4.18 Å². The van der Waals surface area contributed by atoms with Crippen LogP contribution in [-0.2, 0) is 35.7 Å². The molecule has 1 unspecified atom stereocenters. The molecule has 2 heterocycles. The molecule has 10 heteroatoms. The first-order valence-electron chi connectivity index (χ1n) is 7.27. The maximum atomic E-state index is 12.3. The van der Waals surface area contributed by atoms with Crippen molar-refractivity contribution in [3.8, 4) is 17.4 Å². The van der Waals surface area contributed by atoms with E-state index < -0.39 is 23.1 Å². The van der Waals surface area contributed by atoms with E-state index in [0.717, 1.165) is 11.1 Å². The summed E-state index contributed by atoms with van der Waals surface area (Å²) in [6.45, 7) is 1.99. The van der Waals surface area contributed by atoms with Crippen molar-refractivity contribution in [3.63, 3.8) is 0 Å². The van der Waals surface area contributed by atoms with Gasteiger partial charge in [-0.3, -0.25) is 4.68 Å². The van der Waals surface area contributed by atoms with Crippen molar-refractivity contribution in [2.24, 2.45) is 7.05 Å². The van der Waals surface area contributed by atoms with Crippen LogP contribution in [0.15, 0.2) is 6.20 Å². The summed E-state index contributed by atoms with van der Waals surface area (Å²) in [6.07, 6.45) is 2.77. The SMILES string of the molecule is CCOC(=O)c1nn(C)c2c1CCc1cnc(OS(=O)CF)nc1-2. The van der Waals surface area contributed by atoms with Crippen LogP contribution >= 0.6 is 0 Å². The Hall–Kier alpha value is -2.36. The van der Waals surface area contributed by atoms with Gasteiger partial charge in [0.1, 0.15) is 0 Å². The Labute approximate surface area is 139 Å². The standard InChI is InChI=1S/C14H15FN4O4S/c1-3-22-13(20)11-9-5-4-8-6-16-14(23-24(21)7-15)17-10(8)12(9)19(2)18-11/h6H,3-5,7H2,1-2H3. The first-order chi connectivity index (χ1) is 11.5. The second-order valence-electron chi connectivity index (χ2n) is 5.04. The van der Waals surface area contributed by atoms with Gasteiger partial charge in [-0.05, 0) is 25.3 Å². The van der Waals surface area contributed by atoms with E-state index in [1.165, 1.54) is 0 Å². The highest BCUT2D eigenvalue weighted by Gasteiger charge is 2.29. The molecule has 3 rings (SSSR count). The van der Waals surface area contributed by atoms with E-state index in [-0.39, 0.29) is 18.3 Å². The Kier molecular flexibility index (Phi) is 4.56. The van der Waals surface area contributed by atoms with E-state index in [1.807, 2.05) is 0 Å². The van der Waals surface area contributed by atoms with Gasteiger partial charge >= 0.3 is 12.0 Å². The first-order valence-corrected chi connectivity index (χ1v) is 8.51. The number of ether oxygens (including phenoxy) is 1. The van der Waals surface area contributed by atoms with E-state index >= 15 is 0 Å². The molecule has 0 aliphatic heterocycles. The van der Waals surface area contributed by atoms with Gasteiger partial charge in [0.2, 0.25) is 17.1 Å². The Bertz CT molecular complexity index is 823. The fourth-order valence-electron chi connectivity index (χ4n) is 2.65. The van der Waals surface area contributed by atoms with E-state index in [0.29, 0.717) is 24.2 Å². The normalized spacial score (nSPS) is 13.8. The highest BCUT2D eigenvalue weighted by atomic mass is 32.2. The van der Waals surface area contributed by atoms with Gasteiger partial charge in [0.15, 0.2) is 5.69 Å². The van der Waals surface area contributed by atoms with Crippen molar-refractivity contribution in [1.82, 2.24) is 19.7 Å². The lowest BCUT2D eigenvalue weighted by atomic mass is 9.93. The van der Waals surface area contributed by atoms with Crippen LogP contribution in [0.3, 0.4) is 0 Å². The third kappa shape index (κ3) is 2.88. The molecule has 0 amide bonds. The number of carbonyl (C=O) groups is 1. The van der Waals surface area contributed by atoms with Crippen LogP contribution in [0.2, 0.25) is 0 Å². The van der Waals surface area contributed by atoms with E-state index in [9.17, 15) is 13.4 Å². The van der Waals surface area contributed by atoms with Gasteiger partial charge < -0.3 is 8.92 Å². The van der Waals surface area contributed by atoms with Crippen molar-refractivity contribution in [2.75, 3.05) is 12.6 Å². The predicted octanol–water partition coefficient (Wildman–Crippen LogP) is 1.12. The number of hydrogen-bond donors (Lipinski definition) is 0. The number of esters is 1. The maximum Gasteiger partial charge on any atom is 0.359 e. The number of hydrogen-bond acceptors (Lipinski definition) is 7. The minimum atomic E-state index is -2.13. The molecule has 2 aromatic rings. The number of alkyl halides is 1. The quantitative estimate of drug-likeness (QED) is 0.742. The molecule has 128 valence electrons. The van der Waals surface area contributed by atoms with Crippen molar-refractivity contribution < 1.29 is 22.3 Å². The summed E-state index contributed by atoms with van der Waals surface area (Å²) in [5.41, 5.74) is 3.02. The monoisotopic (exact) mass is 354 g/mol. The van der Waals surface area contributed by atoms with E-state index in [2.05, 4.69) is 15.1 Å². The molecule has 8 nitrogen and oxygen atoms in total. The minimum absolute atomic E-state index is 0.184. The van der Waals surface area contributed by atoms with Crippen LogP contribution in [-0.4, -0.2) is 42.5 Å². The molecule has 0 aromatic carbocycles. The van der Waals surface area contributed by atoms with E-state index in [4.69, 9.17) is 8.92 Å². The molecular formula is C14H15FN4O4S. The van der Waals surface area contributed by atoms with Gasteiger partial charge in [-0.2, -0.15) is 10.1 Å². The highest BCUT2D eigenvalue weighted by Crippen LogP contribution is 2.34. The van der Waals surface area contributed by atoms with Gasteiger partial charge in [-0.15, -0.1) is 0 Å². The molecule has 0 N–H and O–H groups in total. The van der Waals surface area contributed by atoms with Crippen molar-refractivity contribution in [3.05, 3.63) is 23.0 Å². The van der Waals surface area contributed by atoms with Crippen LogP contribution in [0.5, 0.6) is 6.01 Å². The fraction of sp³-hybridized carbons (Fsp3) is 0.429. The van der Waals surface area contributed by atoms with Crippen LogP contribution in [0.1, 0.15) is 28.5 Å². The summed E-state index contributed by atoms with van der Waals surface area (Å²) in [4.78, 5) is 20.2. The third-order valence-electron chi connectivity index (χ3n) is 3.58. The topological polar surface area (TPSA) is 96.2 Å². The van der Waals surface area contributed by atoms with E-state index in [1.54, 1.807) is 24.9 Å². The summed E-state index contributed by atoms with van der Waals surface area (Å²) in [6, 6.07) is -1.33. The Morgan fingerprint density at radius 3 is 2.96 bits per heavy atom. The molecule has 1 aliphatic carbocycles. The molecule has 0 spiro atoms. The average Bonchev–Trinajstić information content (AvgIpc) is 2.92. The number of aromatic nitrogens is 4. The number of nitrogens with zero attached hydrogens (tertiary/aromatic N) is 4. The molecule has 0 radical (unpaired) electrons. The average molecular weight is 354 g/mol. The predicted molar refractivity (Wildman–Crippen MR) is 82.3 cm³/mol. The Morgan fingerprint density at radius 1 is 1.46 bits per heavy atom. The van der Waals surface area contributed by atoms with Crippen LogP contribution in [0.25, 0.3) is 11.4 Å². The summed E-state index contributed by atoms with van der Waals surface area (Å²) in [7, 11) is 1.69. The summed E-state index contributed by atoms with van der Waals surface area (Å²) in [5.74, 6) is -0.484. The number of rotatable bonds is 5. The van der Waals surface area contributed by atoms with Gasteiger partial charge in [0.05, 0.1) is 18.0 Å². The highest BCUT2D eigenvalue weighted by molar-refractivity contribution is 7.80. The number of fused-ring (bicyclic) bond motifs is 3. The smallest absolute Gasteiger partial charge is 0.359 e. The molecule has 2 aromatic heterocycles. The second kappa shape index (κ2) is 6.63. The van der Waals surface area contributed by atoms with Gasteiger partial charge in [-0.1, -0.05) is 0 Å². The van der Waals surface area contributed by atoms with Gasteiger partial charge in [0.25, 0.3) is 0 Å².